The largest absolute Gasteiger partial charge is 0.354 e. The Hall–Kier alpha value is -2.98. The highest BCUT2D eigenvalue weighted by Gasteiger charge is 2.33. The van der Waals surface area contributed by atoms with Gasteiger partial charge in [0.2, 0.25) is 11.8 Å². The first-order valence-electron chi connectivity index (χ1n) is 12.1. The van der Waals surface area contributed by atoms with E-state index in [0.717, 1.165) is 44.7 Å². The summed E-state index contributed by atoms with van der Waals surface area (Å²) in [5.41, 5.74) is 2.02. The van der Waals surface area contributed by atoms with Gasteiger partial charge >= 0.3 is 10.2 Å². The molecule has 2 amide bonds. The standard InChI is InChI=1S/C26H37FN4O4S/c1-6-8-17-28-26(33)24(7-2)30(18-21-11-9-20(3)10-12-21)25(32)19-31(36(34,35)29(4)5)23-15-13-22(27)14-16-23/h9-16,24H,6-8,17-19H2,1-5H3,(H,28,33)/t24-/m1/s1. The van der Waals surface area contributed by atoms with Crippen LogP contribution in [0.25, 0.3) is 0 Å². The zero-order valence-corrected chi connectivity index (χ0v) is 22.5. The summed E-state index contributed by atoms with van der Waals surface area (Å²) in [6.07, 6.45) is 2.08. The molecule has 36 heavy (non-hydrogen) atoms. The summed E-state index contributed by atoms with van der Waals surface area (Å²) in [4.78, 5) is 28.2. The first kappa shape index (κ1) is 29.3. The molecule has 0 aliphatic rings. The molecular weight excluding hydrogens is 483 g/mol. The fourth-order valence-corrected chi connectivity index (χ4v) is 4.70. The van der Waals surface area contributed by atoms with Crippen molar-refractivity contribution in [2.75, 3.05) is 31.5 Å². The number of carbonyl (C=O) groups excluding carboxylic acids is 2. The molecule has 0 heterocycles. The summed E-state index contributed by atoms with van der Waals surface area (Å²) in [5.74, 6) is -1.35. The molecule has 2 rings (SSSR count). The molecule has 0 aromatic heterocycles. The van der Waals surface area contributed by atoms with E-state index >= 15 is 0 Å². The van der Waals surface area contributed by atoms with Gasteiger partial charge in [-0.1, -0.05) is 50.1 Å². The Balaban J connectivity index is 2.45. The third-order valence-corrected chi connectivity index (χ3v) is 7.64. The highest BCUT2D eigenvalue weighted by molar-refractivity contribution is 7.90. The van der Waals surface area contributed by atoms with Gasteiger partial charge in [-0.15, -0.1) is 0 Å². The molecule has 0 radical (unpaired) electrons. The number of hydrogen-bond acceptors (Lipinski definition) is 4. The lowest BCUT2D eigenvalue weighted by Gasteiger charge is -2.34. The summed E-state index contributed by atoms with van der Waals surface area (Å²) >= 11 is 0. The average Bonchev–Trinajstić information content (AvgIpc) is 2.84. The quantitative estimate of drug-likeness (QED) is 0.410. The highest BCUT2D eigenvalue weighted by Crippen LogP contribution is 2.22. The van der Waals surface area contributed by atoms with Crippen LogP contribution in [0.5, 0.6) is 0 Å². The average molecular weight is 521 g/mol. The topological polar surface area (TPSA) is 90.0 Å². The molecule has 2 aromatic carbocycles. The van der Waals surface area contributed by atoms with Crippen LogP contribution in [0, 0.1) is 12.7 Å². The first-order chi connectivity index (χ1) is 17.0. The number of anilines is 1. The zero-order chi connectivity index (χ0) is 26.9. The molecule has 0 unspecified atom stereocenters. The second-order valence-corrected chi connectivity index (χ2v) is 10.9. The molecule has 198 valence electrons. The van der Waals surface area contributed by atoms with Crippen LogP contribution in [-0.2, 0) is 26.3 Å². The number of nitrogens with zero attached hydrogens (tertiary/aromatic N) is 3. The Bertz CT molecular complexity index is 1110. The van der Waals surface area contributed by atoms with E-state index in [-0.39, 0.29) is 18.1 Å². The normalized spacial score (nSPS) is 12.3. The van der Waals surface area contributed by atoms with E-state index < -0.39 is 34.5 Å². The van der Waals surface area contributed by atoms with Crippen molar-refractivity contribution < 1.29 is 22.4 Å². The van der Waals surface area contributed by atoms with Crippen molar-refractivity contribution in [2.24, 2.45) is 0 Å². The van der Waals surface area contributed by atoms with Crippen LogP contribution >= 0.6 is 0 Å². The molecule has 1 atom stereocenters. The van der Waals surface area contributed by atoms with Crippen LogP contribution in [0.2, 0.25) is 0 Å². The third-order valence-electron chi connectivity index (χ3n) is 5.82. The van der Waals surface area contributed by atoms with Gasteiger partial charge in [-0.3, -0.25) is 9.59 Å². The van der Waals surface area contributed by atoms with E-state index in [0.29, 0.717) is 13.0 Å². The monoisotopic (exact) mass is 520 g/mol. The summed E-state index contributed by atoms with van der Waals surface area (Å²) in [6.45, 7) is 5.87. The van der Waals surface area contributed by atoms with Crippen LogP contribution < -0.4 is 9.62 Å². The van der Waals surface area contributed by atoms with E-state index in [4.69, 9.17) is 0 Å². The minimum atomic E-state index is -4.09. The Kier molecular flexibility index (Phi) is 10.9. The van der Waals surface area contributed by atoms with E-state index in [9.17, 15) is 22.4 Å². The van der Waals surface area contributed by atoms with Crippen molar-refractivity contribution in [3.8, 4) is 0 Å². The smallest absolute Gasteiger partial charge is 0.304 e. The Labute approximate surface area is 214 Å². The number of rotatable bonds is 13. The summed E-state index contributed by atoms with van der Waals surface area (Å²) in [6, 6.07) is 11.7. The Morgan fingerprint density at radius 3 is 2.14 bits per heavy atom. The predicted octanol–water partition coefficient (Wildman–Crippen LogP) is 3.47. The maximum absolute atomic E-state index is 13.7. The number of unbranched alkanes of at least 4 members (excludes halogenated alkanes) is 1. The minimum absolute atomic E-state index is 0.137. The molecule has 0 bridgehead atoms. The second kappa shape index (κ2) is 13.4. The van der Waals surface area contributed by atoms with Gasteiger partial charge in [0, 0.05) is 27.2 Å². The third kappa shape index (κ3) is 7.76. The number of nitrogens with one attached hydrogen (secondary N) is 1. The van der Waals surface area contributed by atoms with Crippen LogP contribution in [0.15, 0.2) is 48.5 Å². The lowest BCUT2D eigenvalue weighted by atomic mass is 10.1. The number of aryl methyl sites for hydroxylation is 1. The first-order valence-corrected chi connectivity index (χ1v) is 13.5. The molecule has 0 aliphatic carbocycles. The van der Waals surface area contributed by atoms with Crippen LogP contribution in [0.4, 0.5) is 10.1 Å². The number of carbonyl (C=O) groups is 2. The van der Waals surface area contributed by atoms with Crippen molar-refractivity contribution in [1.29, 1.82) is 0 Å². The van der Waals surface area contributed by atoms with E-state index in [1.54, 1.807) is 0 Å². The molecule has 0 saturated heterocycles. The van der Waals surface area contributed by atoms with Gasteiger partial charge in [-0.2, -0.15) is 12.7 Å². The fourth-order valence-electron chi connectivity index (χ4n) is 3.64. The molecule has 0 fully saturated rings. The maximum atomic E-state index is 13.7. The minimum Gasteiger partial charge on any atom is -0.354 e. The lowest BCUT2D eigenvalue weighted by molar-refractivity contribution is -0.140. The second-order valence-electron chi connectivity index (χ2n) is 8.85. The summed E-state index contributed by atoms with van der Waals surface area (Å²) in [7, 11) is -1.37. The van der Waals surface area contributed by atoms with Gasteiger partial charge in [-0.25, -0.2) is 8.70 Å². The van der Waals surface area contributed by atoms with Crippen LogP contribution in [0.1, 0.15) is 44.2 Å². The molecule has 8 nitrogen and oxygen atoms in total. The molecule has 0 aliphatic heterocycles. The van der Waals surface area contributed by atoms with Gasteiger partial charge in [0.25, 0.3) is 0 Å². The summed E-state index contributed by atoms with van der Waals surface area (Å²) in [5, 5.41) is 2.89. The van der Waals surface area contributed by atoms with Crippen molar-refractivity contribution in [3.63, 3.8) is 0 Å². The molecule has 10 heteroatoms. The zero-order valence-electron chi connectivity index (χ0n) is 21.7. The van der Waals surface area contributed by atoms with Gasteiger partial charge < -0.3 is 10.2 Å². The van der Waals surface area contributed by atoms with Gasteiger partial charge in [0.05, 0.1) is 5.69 Å². The van der Waals surface area contributed by atoms with Crippen LogP contribution in [0.3, 0.4) is 0 Å². The Morgan fingerprint density at radius 2 is 1.61 bits per heavy atom. The maximum Gasteiger partial charge on any atom is 0.304 e. The van der Waals surface area contributed by atoms with Crippen molar-refractivity contribution >= 4 is 27.7 Å². The molecule has 0 spiro atoms. The van der Waals surface area contributed by atoms with Gasteiger partial charge in [0.15, 0.2) is 0 Å². The number of halogens is 1. The van der Waals surface area contributed by atoms with Gasteiger partial charge in [-0.05, 0) is 49.6 Å². The van der Waals surface area contributed by atoms with Gasteiger partial charge in [0.1, 0.15) is 18.4 Å². The van der Waals surface area contributed by atoms with Crippen molar-refractivity contribution in [2.45, 2.75) is 52.6 Å². The SMILES string of the molecule is CCCCNC(=O)[C@@H](CC)N(Cc1ccc(C)cc1)C(=O)CN(c1ccc(F)cc1)S(=O)(=O)N(C)C. The van der Waals surface area contributed by atoms with E-state index in [1.165, 1.54) is 31.1 Å². The fraction of sp³-hybridized carbons (Fsp3) is 0.462. The lowest BCUT2D eigenvalue weighted by Crippen LogP contribution is -2.53. The molecule has 1 N–H and O–H groups in total. The van der Waals surface area contributed by atoms with Crippen molar-refractivity contribution in [3.05, 3.63) is 65.5 Å². The molecule has 2 aromatic rings. The van der Waals surface area contributed by atoms with Crippen LogP contribution in [-0.4, -0.2) is 62.7 Å². The van der Waals surface area contributed by atoms with Crippen molar-refractivity contribution in [1.82, 2.24) is 14.5 Å². The number of hydrogen-bond donors (Lipinski definition) is 1. The predicted molar refractivity (Wildman–Crippen MR) is 140 cm³/mol. The van der Waals surface area contributed by atoms with E-state index in [1.807, 2.05) is 45.0 Å². The Morgan fingerprint density at radius 1 is 1.00 bits per heavy atom. The summed E-state index contributed by atoms with van der Waals surface area (Å²) < 4.78 is 41.7. The highest BCUT2D eigenvalue weighted by atomic mass is 32.2. The molecular formula is C26H37FN4O4S. The molecule has 0 saturated carbocycles. The number of amides is 2. The van der Waals surface area contributed by atoms with E-state index in [2.05, 4.69) is 5.32 Å². The number of benzene rings is 2.